The van der Waals surface area contributed by atoms with Crippen LogP contribution in [-0.4, -0.2) is 37.5 Å². The standard InChI is InChI=1S/C15H19FN2O2S.ClH/c16-12-3-1-2-11-13(4-7-21-15(11)12)18-14(19)8-10-9-20-6-5-17-10;/h1-3,10,13,17H,4-9H2,(H,18,19);1H. The normalized spacial score (nSPS) is 24.0. The average Bonchev–Trinajstić information content (AvgIpc) is 2.49. The maximum atomic E-state index is 13.8. The van der Waals surface area contributed by atoms with Crippen molar-refractivity contribution in [3.63, 3.8) is 0 Å². The molecule has 2 N–H and O–H groups in total. The summed E-state index contributed by atoms with van der Waals surface area (Å²) >= 11 is 1.52. The second kappa shape index (κ2) is 8.15. The number of nitrogens with one attached hydrogen (secondary N) is 2. The lowest BCUT2D eigenvalue weighted by Gasteiger charge is -2.28. The van der Waals surface area contributed by atoms with Crippen molar-refractivity contribution < 1.29 is 13.9 Å². The van der Waals surface area contributed by atoms with Crippen molar-refractivity contribution in [3.05, 3.63) is 29.6 Å². The zero-order chi connectivity index (χ0) is 14.7. The Morgan fingerprint density at radius 2 is 2.36 bits per heavy atom. The molecule has 2 atom stereocenters. The van der Waals surface area contributed by atoms with E-state index in [-0.39, 0.29) is 36.2 Å². The molecule has 0 aromatic heterocycles. The average molecular weight is 347 g/mol. The summed E-state index contributed by atoms with van der Waals surface area (Å²) in [5, 5.41) is 6.30. The molecule has 7 heteroatoms. The third-order valence-corrected chi connectivity index (χ3v) is 4.95. The summed E-state index contributed by atoms with van der Waals surface area (Å²) in [4.78, 5) is 12.8. The van der Waals surface area contributed by atoms with Gasteiger partial charge in [0.25, 0.3) is 0 Å². The van der Waals surface area contributed by atoms with Gasteiger partial charge in [0, 0.05) is 29.7 Å². The summed E-state index contributed by atoms with van der Waals surface area (Å²) in [6.07, 6.45) is 1.23. The van der Waals surface area contributed by atoms with E-state index in [0.29, 0.717) is 24.5 Å². The molecule has 2 aliphatic heterocycles. The van der Waals surface area contributed by atoms with E-state index < -0.39 is 0 Å². The minimum absolute atomic E-state index is 0. The minimum atomic E-state index is -0.196. The van der Waals surface area contributed by atoms with Crippen LogP contribution in [-0.2, 0) is 9.53 Å². The van der Waals surface area contributed by atoms with Crippen LogP contribution in [0.3, 0.4) is 0 Å². The minimum Gasteiger partial charge on any atom is -0.378 e. The largest absolute Gasteiger partial charge is 0.378 e. The first kappa shape index (κ1) is 17.5. The van der Waals surface area contributed by atoms with Gasteiger partial charge < -0.3 is 15.4 Å². The van der Waals surface area contributed by atoms with Gasteiger partial charge in [0.2, 0.25) is 5.91 Å². The number of halogens is 2. The lowest BCUT2D eigenvalue weighted by atomic mass is 10.0. The van der Waals surface area contributed by atoms with Crippen LogP contribution in [0.4, 0.5) is 4.39 Å². The van der Waals surface area contributed by atoms with Crippen LogP contribution in [0.1, 0.15) is 24.4 Å². The van der Waals surface area contributed by atoms with E-state index in [1.54, 1.807) is 6.07 Å². The van der Waals surface area contributed by atoms with Crippen LogP contribution in [0.2, 0.25) is 0 Å². The van der Waals surface area contributed by atoms with Gasteiger partial charge >= 0.3 is 0 Å². The lowest BCUT2D eigenvalue weighted by Crippen LogP contribution is -2.44. The van der Waals surface area contributed by atoms with Gasteiger partial charge in [-0.2, -0.15) is 0 Å². The molecule has 1 aromatic carbocycles. The quantitative estimate of drug-likeness (QED) is 0.881. The van der Waals surface area contributed by atoms with Crippen molar-refractivity contribution in [2.75, 3.05) is 25.5 Å². The molecule has 122 valence electrons. The van der Waals surface area contributed by atoms with Gasteiger partial charge in [0.15, 0.2) is 0 Å². The van der Waals surface area contributed by atoms with Gasteiger partial charge in [-0.05, 0) is 18.1 Å². The second-order valence-corrected chi connectivity index (χ2v) is 6.45. The number of hydrogen-bond acceptors (Lipinski definition) is 4. The summed E-state index contributed by atoms with van der Waals surface area (Å²) in [5.74, 6) is 0.618. The maximum absolute atomic E-state index is 13.8. The number of benzene rings is 1. The molecule has 22 heavy (non-hydrogen) atoms. The number of rotatable bonds is 3. The van der Waals surface area contributed by atoms with E-state index in [1.807, 2.05) is 6.07 Å². The third-order valence-electron chi connectivity index (χ3n) is 3.79. The fourth-order valence-corrected chi connectivity index (χ4v) is 3.90. The molecule has 0 aliphatic carbocycles. The molecule has 0 saturated carbocycles. The van der Waals surface area contributed by atoms with Crippen molar-refractivity contribution in [1.82, 2.24) is 10.6 Å². The molecule has 3 rings (SSSR count). The van der Waals surface area contributed by atoms with Gasteiger partial charge in [0.1, 0.15) is 5.82 Å². The predicted molar refractivity (Wildman–Crippen MR) is 87.1 cm³/mol. The summed E-state index contributed by atoms with van der Waals surface area (Å²) in [6.45, 7) is 2.05. The molecule has 1 amide bonds. The van der Waals surface area contributed by atoms with Crippen molar-refractivity contribution in [1.29, 1.82) is 0 Å². The highest BCUT2D eigenvalue weighted by atomic mass is 35.5. The summed E-state index contributed by atoms with van der Waals surface area (Å²) in [7, 11) is 0. The Morgan fingerprint density at radius 3 is 3.14 bits per heavy atom. The molecule has 2 aliphatic rings. The third kappa shape index (κ3) is 4.13. The Labute approximate surface area is 140 Å². The molecule has 2 heterocycles. The van der Waals surface area contributed by atoms with Crippen LogP contribution < -0.4 is 10.6 Å². The van der Waals surface area contributed by atoms with Gasteiger partial charge in [-0.25, -0.2) is 4.39 Å². The molecular formula is C15H20ClFN2O2S. The molecule has 0 radical (unpaired) electrons. The predicted octanol–water partition coefficient (Wildman–Crippen LogP) is 2.28. The first-order valence-electron chi connectivity index (χ1n) is 7.26. The molecular weight excluding hydrogens is 327 g/mol. The summed E-state index contributed by atoms with van der Waals surface area (Å²) in [5.41, 5.74) is 0.896. The Hall–Kier alpha value is -0.820. The topological polar surface area (TPSA) is 50.4 Å². The number of ether oxygens (including phenoxy) is 1. The molecule has 4 nitrogen and oxygen atoms in total. The summed E-state index contributed by atoms with van der Waals surface area (Å²) in [6, 6.07) is 5.06. The van der Waals surface area contributed by atoms with Crippen LogP contribution in [0.25, 0.3) is 0 Å². The number of hydrogen-bond donors (Lipinski definition) is 2. The first-order valence-corrected chi connectivity index (χ1v) is 8.24. The summed E-state index contributed by atoms with van der Waals surface area (Å²) < 4.78 is 19.1. The van der Waals surface area contributed by atoms with Gasteiger partial charge in [-0.15, -0.1) is 24.2 Å². The number of carbonyl (C=O) groups excluding carboxylic acids is 1. The number of morpholine rings is 1. The van der Waals surface area contributed by atoms with E-state index in [9.17, 15) is 9.18 Å². The number of fused-ring (bicyclic) bond motifs is 1. The van der Waals surface area contributed by atoms with Crippen molar-refractivity contribution >= 4 is 30.1 Å². The van der Waals surface area contributed by atoms with E-state index in [1.165, 1.54) is 17.8 Å². The van der Waals surface area contributed by atoms with E-state index in [2.05, 4.69) is 10.6 Å². The smallest absolute Gasteiger partial charge is 0.222 e. The van der Waals surface area contributed by atoms with Crippen LogP contribution in [0.15, 0.2) is 23.1 Å². The van der Waals surface area contributed by atoms with Gasteiger partial charge in [-0.3, -0.25) is 4.79 Å². The Balaban J connectivity index is 0.00000176. The molecule has 2 unspecified atom stereocenters. The Bertz CT molecular complexity index is 526. The first-order chi connectivity index (χ1) is 10.2. The van der Waals surface area contributed by atoms with Crippen LogP contribution >= 0.6 is 24.2 Å². The number of thioether (sulfide) groups is 1. The van der Waals surface area contributed by atoms with Crippen molar-refractivity contribution in [2.24, 2.45) is 0 Å². The zero-order valence-electron chi connectivity index (χ0n) is 12.1. The fraction of sp³-hybridized carbons (Fsp3) is 0.533. The number of carbonyl (C=O) groups is 1. The monoisotopic (exact) mass is 346 g/mol. The van der Waals surface area contributed by atoms with E-state index in [0.717, 1.165) is 24.3 Å². The lowest BCUT2D eigenvalue weighted by molar-refractivity contribution is -0.123. The number of amides is 1. The Kier molecular flexibility index (Phi) is 6.50. The molecule has 1 aromatic rings. The van der Waals surface area contributed by atoms with Gasteiger partial charge in [-0.1, -0.05) is 12.1 Å². The van der Waals surface area contributed by atoms with Gasteiger partial charge in [0.05, 0.1) is 19.3 Å². The molecule has 0 bridgehead atoms. The molecule has 1 saturated heterocycles. The Morgan fingerprint density at radius 1 is 1.50 bits per heavy atom. The van der Waals surface area contributed by atoms with Crippen LogP contribution in [0.5, 0.6) is 0 Å². The SMILES string of the molecule is Cl.O=C(CC1COCCN1)NC1CCSc2c(F)cccc21. The van der Waals surface area contributed by atoms with Crippen LogP contribution in [0, 0.1) is 5.82 Å². The van der Waals surface area contributed by atoms with E-state index in [4.69, 9.17) is 4.74 Å². The highest BCUT2D eigenvalue weighted by molar-refractivity contribution is 7.99. The van der Waals surface area contributed by atoms with Crippen molar-refractivity contribution in [2.45, 2.75) is 29.8 Å². The maximum Gasteiger partial charge on any atom is 0.222 e. The highest BCUT2D eigenvalue weighted by Gasteiger charge is 2.25. The zero-order valence-corrected chi connectivity index (χ0v) is 13.8. The highest BCUT2D eigenvalue weighted by Crippen LogP contribution is 2.37. The second-order valence-electron chi connectivity index (χ2n) is 5.35. The molecule has 0 spiro atoms. The van der Waals surface area contributed by atoms with E-state index >= 15 is 0 Å². The molecule has 1 fully saturated rings. The van der Waals surface area contributed by atoms with Crippen molar-refractivity contribution in [3.8, 4) is 0 Å². The fourth-order valence-electron chi connectivity index (χ4n) is 2.76.